The Hall–Kier alpha value is -1.06. The number of anilines is 1. The molecular weight excluding hydrogens is 226 g/mol. The van der Waals surface area contributed by atoms with E-state index in [0.717, 1.165) is 11.3 Å². The number of amides is 1. The highest BCUT2D eigenvalue weighted by Crippen LogP contribution is 2.28. The van der Waals surface area contributed by atoms with Crippen molar-refractivity contribution in [3.63, 3.8) is 0 Å². The van der Waals surface area contributed by atoms with Crippen molar-refractivity contribution in [1.29, 1.82) is 0 Å². The average Bonchev–Trinajstić information content (AvgIpc) is 2.56. The van der Waals surface area contributed by atoms with E-state index in [2.05, 4.69) is 0 Å². The lowest BCUT2D eigenvalue weighted by Crippen LogP contribution is -2.27. The molecule has 1 aliphatic heterocycles. The minimum absolute atomic E-state index is 0.0534. The second kappa shape index (κ2) is 4.44. The van der Waals surface area contributed by atoms with Gasteiger partial charge < -0.3 is 10.0 Å². The molecule has 1 heterocycles. The third kappa shape index (κ3) is 1.93. The molecule has 0 aliphatic carbocycles. The number of carbonyl (C=O) groups is 1. The van der Waals surface area contributed by atoms with Gasteiger partial charge in [0.05, 0.1) is 0 Å². The van der Waals surface area contributed by atoms with Gasteiger partial charge in [-0.1, -0.05) is 12.1 Å². The molecule has 0 saturated carbocycles. The SMILES string of the molecule is Cc1cccc(N2C[C@@H](CO)[C@@H](Cl)C2=O)c1. The number of hydrogen-bond donors (Lipinski definition) is 1. The van der Waals surface area contributed by atoms with Crippen LogP contribution in [0.25, 0.3) is 0 Å². The molecule has 86 valence electrons. The van der Waals surface area contributed by atoms with Gasteiger partial charge >= 0.3 is 0 Å². The number of aryl methyl sites for hydroxylation is 1. The lowest BCUT2D eigenvalue weighted by Gasteiger charge is -2.16. The van der Waals surface area contributed by atoms with Crippen molar-refractivity contribution in [2.75, 3.05) is 18.1 Å². The predicted octanol–water partition coefficient (Wildman–Crippen LogP) is 1.56. The number of alkyl halides is 1. The van der Waals surface area contributed by atoms with Gasteiger partial charge in [0.25, 0.3) is 0 Å². The van der Waals surface area contributed by atoms with Gasteiger partial charge in [-0.2, -0.15) is 0 Å². The molecule has 1 amide bonds. The van der Waals surface area contributed by atoms with Crippen LogP contribution in [0.1, 0.15) is 5.56 Å². The second-order valence-corrected chi connectivity index (χ2v) is 4.60. The van der Waals surface area contributed by atoms with Crippen LogP contribution in [0.3, 0.4) is 0 Å². The highest BCUT2D eigenvalue weighted by molar-refractivity contribution is 6.34. The average molecular weight is 240 g/mol. The van der Waals surface area contributed by atoms with E-state index in [4.69, 9.17) is 16.7 Å². The Bertz CT molecular complexity index is 408. The molecule has 1 aliphatic rings. The third-order valence-electron chi connectivity index (χ3n) is 2.88. The number of hydrogen-bond acceptors (Lipinski definition) is 2. The summed E-state index contributed by atoms with van der Waals surface area (Å²) in [6, 6.07) is 7.72. The van der Waals surface area contributed by atoms with E-state index in [1.807, 2.05) is 31.2 Å². The van der Waals surface area contributed by atoms with Crippen LogP contribution in [0, 0.1) is 12.8 Å². The normalized spacial score (nSPS) is 25.2. The monoisotopic (exact) mass is 239 g/mol. The highest BCUT2D eigenvalue weighted by Gasteiger charge is 2.39. The van der Waals surface area contributed by atoms with Crippen LogP contribution in [0.15, 0.2) is 24.3 Å². The molecule has 0 spiro atoms. The molecule has 1 aromatic carbocycles. The fraction of sp³-hybridized carbons (Fsp3) is 0.417. The highest BCUT2D eigenvalue weighted by atomic mass is 35.5. The van der Waals surface area contributed by atoms with Gasteiger partial charge in [0.1, 0.15) is 5.38 Å². The van der Waals surface area contributed by atoms with Crippen molar-refractivity contribution < 1.29 is 9.90 Å². The fourth-order valence-corrected chi connectivity index (χ4v) is 2.22. The van der Waals surface area contributed by atoms with Gasteiger partial charge in [0.15, 0.2) is 0 Å². The van der Waals surface area contributed by atoms with Gasteiger partial charge in [-0.3, -0.25) is 4.79 Å². The summed E-state index contributed by atoms with van der Waals surface area (Å²) in [5, 5.41) is 8.50. The molecule has 2 rings (SSSR count). The van der Waals surface area contributed by atoms with Crippen LogP contribution in [-0.2, 0) is 4.79 Å². The van der Waals surface area contributed by atoms with Gasteiger partial charge in [0.2, 0.25) is 5.91 Å². The predicted molar refractivity (Wildman–Crippen MR) is 63.7 cm³/mol. The summed E-state index contributed by atoms with van der Waals surface area (Å²) in [6.45, 7) is 2.42. The first kappa shape index (κ1) is 11.4. The topological polar surface area (TPSA) is 40.5 Å². The summed E-state index contributed by atoms with van der Waals surface area (Å²) in [5.74, 6) is -0.291. The molecule has 3 nitrogen and oxygen atoms in total. The number of nitrogens with zero attached hydrogens (tertiary/aromatic N) is 1. The first-order valence-corrected chi connectivity index (χ1v) is 5.70. The van der Waals surface area contributed by atoms with E-state index in [1.54, 1.807) is 4.90 Å². The lowest BCUT2D eigenvalue weighted by molar-refractivity contribution is -0.117. The summed E-state index contributed by atoms with van der Waals surface area (Å²) in [7, 11) is 0. The Morgan fingerprint density at radius 1 is 1.56 bits per heavy atom. The van der Waals surface area contributed by atoms with E-state index in [9.17, 15) is 4.79 Å². The maximum Gasteiger partial charge on any atom is 0.245 e. The zero-order chi connectivity index (χ0) is 11.7. The van der Waals surface area contributed by atoms with E-state index < -0.39 is 5.38 Å². The van der Waals surface area contributed by atoms with E-state index in [-0.39, 0.29) is 18.4 Å². The summed E-state index contributed by atoms with van der Waals surface area (Å²) in [5.41, 5.74) is 1.95. The summed E-state index contributed by atoms with van der Waals surface area (Å²) >= 11 is 5.96. The number of benzene rings is 1. The Morgan fingerprint density at radius 2 is 2.31 bits per heavy atom. The zero-order valence-electron chi connectivity index (χ0n) is 9.06. The number of halogens is 1. The molecule has 1 fully saturated rings. The van der Waals surface area contributed by atoms with Gasteiger partial charge in [-0.05, 0) is 24.6 Å². The quantitative estimate of drug-likeness (QED) is 0.796. The second-order valence-electron chi connectivity index (χ2n) is 4.13. The van der Waals surface area contributed by atoms with E-state index in [0.29, 0.717) is 6.54 Å². The van der Waals surface area contributed by atoms with Crippen molar-refractivity contribution in [1.82, 2.24) is 0 Å². The molecule has 2 atom stereocenters. The Kier molecular flexibility index (Phi) is 3.17. The fourth-order valence-electron chi connectivity index (χ4n) is 1.95. The van der Waals surface area contributed by atoms with Gasteiger partial charge in [0, 0.05) is 24.8 Å². The Morgan fingerprint density at radius 3 is 2.88 bits per heavy atom. The lowest BCUT2D eigenvalue weighted by atomic mass is 10.1. The maximum atomic E-state index is 11.9. The number of aliphatic hydroxyl groups excluding tert-OH is 1. The van der Waals surface area contributed by atoms with Crippen molar-refractivity contribution in [2.24, 2.45) is 5.92 Å². The molecular formula is C12H14ClNO2. The molecule has 4 heteroatoms. The number of carbonyl (C=O) groups excluding carboxylic acids is 1. The summed E-state index contributed by atoms with van der Waals surface area (Å²) in [6.07, 6.45) is 0. The van der Waals surface area contributed by atoms with Crippen LogP contribution in [0.2, 0.25) is 0 Å². The Labute approximate surface area is 99.6 Å². The third-order valence-corrected chi connectivity index (χ3v) is 3.42. The molecule has 0 unspecified atom stereocenters. The van der Waals surface area contributed by atoms with Crippen molar-refractivity contribution >= 4 is 23.2 Å². The Balaban J connectivity index is 2.26. The zero-order valence-corrected chi connectivity index (χ0v) is 9.81. The number of rotatable bonds is 2. The largest absolute Gasteiger partial charge is 0.396 e. The standard InChI is InChI=1S/C12H14ClNO2/c1-8-3-2-4-10(5-8)14-6-9(7-15)11(13)12(14)16/h2-5,9,11,15H,6-7H2,1H3/t9-,11+/m0/s1. The van der Waals surface area contributed by atoms with E-state index >= 15 is 0 Å². The molecule has 16 heavy (non-hydrogen) atoms. The van der Waals surface area contributed by atoms with E-state index in [1.165, 1.54) is 0 Å². The van der Waals surface area contributed by atoms with Gasteiger partial charge in [-0.25, -0.2) is 0 Å². The van der Waals surface area contributed by atoms with Gasteiger partial charge in [-0.15, -0.1) is 11.6 Å². The van der Waals surface area contributed by atoms with Crippen LogP contribution in [-0.4, -0.2) is 29.5 Å². The van der Waals surface area contributed by atoms with Crippen molar-refractivity contribution in [3.05, 3.63) is 29.8 Å². The summed E-state index contributed by atoms with van der Waals surface area (Å²) < 4.78 is 0. The molecule has 0 aromatic heterocycles. The molecule has 0 bridgehead atoms. The van der Waals surface area contributed by atoms with Crippen LogP contribution < -0.4 is 4.90 Å². The molecule has 1 saturated heterocycles. The van der Waals surface area contributed by atoms with Crippen molar-refractivity contribution in [3.8, 4) is 0 Å². The minimum atomic E-state index is -0.606. The first-order valence-electron chi connectivity index (χ1n) is 5.26. The number of aliphatic hydroxyl groups is 1. The molecule has 1 aromatic rings. The molecule has 0 radical (unpaired) electrons. The first-order chi connectivity index (χ1) is 7.63. The smallest absolute Gasteiger partial charge is 0.245 e. The van der Waals surface area contributed by atoms with Crippen LogP contribution in [0.5, 0.6) is 0 Å². The van der Waals surface area contributed by atoms with Crippen LogP contribution in [0.4, 0.5) is 5.69 Å². The van der Waals surface area contributed by atoms with Crippen molar-refractivity contribution in [2.45, 2.75) is 12.3 Å². The minimum Gasteiger partial charge on any atom is -0.396 e. The maximum absolute atomic E-state index is 11.9. The molecule has 1 N–H and O–H groups in total. The summed E-state index contributed by atoms with van der Waals surface area (Å²) in [4.78, 5) is 13.5. The van der Waals surface area contributed by atoms with Crippen LogP contribution >= 0.6 is 11.6 Å².